The lowest BCUT2D eigenvalue weighted by molar-refractivity contribution is -0.151. The number of hydrogen-bond donors (Lipinski definition) is 3. The van der Waals surface area contributed by atoms with E-state index in [1.165, 1.54) is 122 Å². The summed E-state index contributed by atoms with van der Waals surface area (Å²) in [4.78, 5) is 25.9. The largest absolute Gasteiger partial charge is 0.462 e. The molecule has 6 heteroatoms. The predicted octanol–water partition coefficient (Wildman–Crippen LogP) is 14.3. The summed E-state index contributed by atoms with van der Waals surface area (Å²) in [7, 11) is 0. The average Bonchev–Trinajstić information content (AvgIpc) is 3.20. The van der Waals surface area contributed by atoms with Crippen LogP contribution in [0.4, 0.5) is 0 Å². The van der Waals surface area contributed by atoms with Crippen LogP contribution >= 0.6 is 0 Å². The molecule has 0 aliphatic rings. The van der Waals surface area contributed by atoms with Gasteiger partial charge >= 0.3 is 5.97 Å². The Balaban J connectivity index is 4.44. The van der Waals surface area contributed by atoms with Gasteiger partial charge in [0.15, 0.2) is 0 Å². The lowest BCUT2D eigenvalue weighted by atomic mass is 10.0. The van der Waals surface area contributed by atoms with Crippen LogP contribution in [-0.4, -0.2) is 46.9 Å². The summed E-state index contributed by atoms with van der Waals surface area (Å²) in [6.45, 7) is 6.31. The summed E-state index contributed by atoms with van der Waals surface area (Å²) in [5.74, 6) is -0.520. The molecule has 3 unspecified atom stereocenters. The molecule has 332 valence electrons. The average molecular weight is 800 g/mol. The molecule has 0 rings (SSSR count). The Kier molecular flexibility index (Phi) is 43.2. The first-order valence-corrected chi connectivity index (χ1v) is 24.4. The molecule has 0 fully saturated rings. The predicted molar refractivity (Wildman–Crippen MR) is 245 cm³/mol. The van der Waals surface area contributed by atoms with Crippen molar-refractivity contribution in [3.05, 3.63) is 48.6 Å². The number of aliphatic hydroxyl groups is 2. The highest BCUT2D eigenvalue weighted by Crippen LogP contribution is 2.18. The van der Waals surface area contributed by atoms with Crippen LogP contribution in [0.15, 0.2) is 48.6 Å². The molecule has 0 radical (unpaired) electrons. The molecule has 0 spiro atoms. The minimum Gasteiger partial charge on any atom is -0.462 e. The summed E-state index contributed by atoms with van der Waals surface area (Å²) < 4.78 is 5.87. The topological polar surface area (TPSA) is 95.9 Å². The van der Waals surface area contributed by atoms with Crippen molar-refractivity contribution in [2.45, 2.75) is 257 Å². The molecule has 0 saturated carbocycles. The third-order valence-electron chi connectivity index (χ3n) is 11.0. The maximum atomic E-state index is 13.1. The van der Waals surface area contributed by atoms with Crippen molar-refractivity contribution in [3.8, 4) is 0 Å². The first-order valence-electron chi connectivity index (χ1n) is 24.4. The van der Waals surface area contributed by atoms with Crippen molar-refractivity contribution in [2.24, 2.45) is 0 Å². The zero-order chi connectivity index (χ0) is 41.7. The van der Waals surface area contributed by atoms with Gasteiger partial charge in [-0.25, -0.2) is 0 Å². The summed E-state index contributed by atoms with van der Waals surface area (Å²) >= 11 is 0. The van der Waals surface area contributed by atoms with Crippen molar-refractivity contribution in [3.63, 3.8) is 0 Å². The van der Waals surface area contributed by atoms with E-state index in [4.69, 9.17) is 4.74 Å². The van der Waals surface area contributed by atoms with E-state index in [-0.39, 0.29) is 24.9 Å². The van der Waals surface area contributed by atoms with Gasteiger partial charge in [0.1, 0.15) is 6.10 Å². The van der Waals surface area contributed by atoms with Crippen LogP contribution in [0.5, 0.6) is 0 Å². The Morgan fingerprint density at radius 2 is 0.947 bits per heavy atom. The van der Waals surface area contributed by atoms with E-state index < -0.39 is 18.2 Å². The molecular weight excluding hydrogens is 707 g/mol. The van der Waals surface area contributed by atoms with Crippen molar-refractivity contribution < 1.29 is 24.5 Å². The normalized spacial score (nSPS) is 13.7. The van der Waals surface area contributed by atoms with E-state index in [1.54, 1.807) is 0 Å². The first kappa shape index (κ1) is 54.8. The number of aliphatic hydroxyl groups excluding tert-OH is 2. The van der Waals surface area contributed by atoms with Gasteiger partial charge in [0.25, 0.3) is 0 Å². The number of ether oxygens (including phenoxy) is 1. The molecular formula is C51H93NO5. The molecule has 0 aliphatic carbocycles. The summed E-state index contributed by atoms with van der Waals surface area (Å²) in [5.41, 5.74) is 0. The number of rotatable bonds is 43. The van der Waals surface area contributed by atoms with Crippen molar-refractivity contribution in [1.82, 2.24) is 5.32 Å². The van der Waals surface area contributed by atoms with Gasteiger partial charge in [-0.2, -0.15) is 0 Å². The molecule has 6 nitrogen and oxygen atoms in total. The van der Waals surface area contributed by atoms with E-state index >= 15 is 0 Å². The van der Waals surface area contributed by atoms with Gasteiger partial charge in [-0.3, -0.25) is 9.59 Å². The highest BCUT2D eigenvalue weighted by Gasteiger charge is 2.24. The highest BCUT2D eigenvalue weighted by atomic mass is 16.5. The van der Waals surface area contributed by atoms with E-state index in [1.807, 2.05) is 30.4 Å². The lowest BCUT2D eigenvalue weighted by Crippen LogP contribution is -2.46. The standard InChI is InChI=1S/C51H93NO5/c1-4-7-10-13-16-19-21-23-24-25-26-28-29-31-34-37-40-43-49(54)48(46-53)52-50(55)45-47(42-39-36-33-18-15-12-9-6-3)57-51(56)44-41-38-35-32-30-27-22-20-17-14-11-8-5-2/h8,11,14,17,20,22,27,30,47-49,53-54H,4-7,9-10,12-13,15-16,18-19,21,23-26,28-29,31-46H2,1-3H3,(H,52,55)/b11-8+,17-14+,22-20-,30-27-. The monoisotopic (exact) mass is 800 g/mol. The second-order valence-electron chi connectivity index (χ2n) is 16.6. The molecule has 57 heavy (non-hydrogen) atoms. The fourth-order valence-corrected chi connectivity index (χ4v) is 7.32. The molecule has 3 atom stereocenters. The van der Waals surface area contributed by atoms with Gasteiger partial charge in [-0.1, -0.05) is 230 Å². The third-order valence-corrected chi connectivity index (χ3v) is 11.0. The Labute approximate surface area is 353 Å². The van der Waals surface area contributed by atoms with Crippen LogP contribution in [-0.2, 0) is 14.3 Å². The summed E-state index contributed by atoms with van der Waals surface area (Å²) in [5, 5.41) is 23.7. The molecule has 3 N–H and O–H groups in total. The fraction of sp³-hybridized carbons (Fsp3) is 0.804. The smallest absolute Gasteiger partial charge is 0.306 e. The van der Waals surface area contributed by atoms with Crippen LogP contribution in [0.1, 0.15) is 239 Å². The van der Waals surface area contributed by atoms with Crippen LogP contribution < -0.4 is 5.32 Å². The molecule has 0 aromatic carbocycles. The lowest BCUT2D eigenvalue weighted by Gasteiger charge is -2.24. The van der Waals surface area contributed by atoms with E-state index in [0.29, 0.717) is 19.3 Å². The van der Waals surface area contributed by atoms with Gasteiger partial charge < -0.3 is 20.3 Å². The van der Waals surface area contributed by atoms with E-state index in [0.717, 1.165) is 70.6 Å². The van der Waals surface area contributed by atoms with Crippen molar-refractivity contribution in [1.29, 1.82) is 0 Å². The number of unbranched alkanes of at least 4 members (excludes halogenated alkanes) is 26. The van der Waals surface area contributed by atoms with Crippen molar-refractivity contribution in [2.75, 3.05) is 6.61 Å². The van der Waals surface area contributed by atoms with Crippen molar-refractivity contribution >= 4 is 11.9 Å². The minimum absolute atomic E-state index is 0.0625. The molecule has 0 aliphatic heterocycles. The van der Waals surface area contributed by atoms with Gasteiger partial charge in [-0.15, -0.1) is 0 Å². The van der Waals surface area contributed by atoms with Gasteiger partial charge in [0.05, 0.1) is 25.2 Å². The number of nitrogens with one attached hydrogen (secondary N) is 1. The zero-order valence-corrected chi connectivity index (χ0v) is 37.7. The Bertz CT molecular complexity index is 988. The van der Waals surface area contributed by atoms with Gasteiger partial charge in [0.2, 0.25) is 5.91 Å². The Morgan fingerprint density at radius 1 is 0.526 bits per heavy atom. The number of carbonyl (C=O) groups excluding carboxylic acids is 2. The number of hydrogen-bond acceptors (Lipinski definition) is 5. The second-order valence-corrected chi connectivity index (χ2v) is 16.6. The SMILES string of the molecule is CC/C=C/C=C/C=C\C=C/CCCCCC(=O)OC(CCCCCCCCCC)CC(=O)NC(CO)C(O)CCCCCCCCCCCCCCCCCCC. The number of amides is 1. The molecule has 0 aromatic heterocycles. The molecule has 0 bridgehead atoms. The van der Waals surface area contributed by atoms with E-state index in [2.05, 4.69) is 44.3 Å². The van der Waals surface area contributed by atoms with E-state index in [9.17, 15) is 19.8 Å². The molecule has 0 heterocycles. The number of allylic oxidation sites excluding steroid dienone is 8. The van der Waals surface area contributed by atoms with Gasteiger partial charge in [0, 0.05) is 6.42 Å². The summed E-state index contributed by atoms with van der Waals surface area (Å²) in [6.07, 6.45) is 53.2. The minimum atomic E-state index is -0.792. The second kappa shape index (κ2) is 44.9. The van der Waals surface area contributed by atoms with Crippen LogP contribution in [0.2, 0.25) is 0 Å². The fourth-order valence-electron chi connectivity index (χ4n) is 7.32. The molecule has 1 amide bonds. The number of carbonyl (C=O) groups is 2. The molecule has 0 saturated heterocycles. The summed E-state index contributed by atoms with van der Waals surface area (Å²) in [6, 6.07) is -0.706. The maximum Gasteiger partial charge on any atom is 0.306 e. The van der Waals surface area contributed by atoms with Crippen LogP contribution in [0.3, 0.4) is 0 Å². The van der Waals surface area contributed by atoms with Gasteiger partial charge in [-0.05, 0) is 44.9 Å². The number of esters is 1. The third kappa shape index (κ3) is 40.4. The first-order chi connectivity index (χ1) is 28.0. The molecule has 0 aromatic rings. The Hall–Kier alpha value is -2.18. The zero-order valence-electron chi connectivity index (χ0n) is 37.7. The Morgan fingerprint density at radius 3 is 1.42 bits per heavy atom. The van der Waals surface area contributed by atoms with Crippen LogP contribution in [0.25, 0.3) is 0 Å². The van der Waals surface area contributed by atoms with Crippen LogP contribution in [0, 0.1) is 0 Å². The maximum absolute atomic E-state index is 13.1. The highest BCUT2D eigenvalue weighted by molar-refractivity contribution is 5.77. The quantitative estimate of drug-likeness (QED) is 0.0324.